The number of carbonyl (C=O) groups excluding carboxylic acids is 2. The number of cyclic esters (lactones) is 1. The Kier molecular flexibility index (Phi) is 4.43. The Hall–Kier alpha value is -2.18. The molecule has 1 saturated heterocycles. The minimum absolute atomic E-state index is 0.188. The minimum atomic E-state index is -0.919. The molecule has 5 nitrogen and oxygen atoms in total. The average Bonchev–Trinajstić information content (AvgIpc) is 2.91. The number of likely N-dealkylation sites (N-methyl/N-ethyl adjacent to an activating group) is 1. The van der Waals surface area contributed by atoms with E-state index in [0.29, 0.717) is 39.1 Å². The molecule has 130 valence electrons. The third-order valence-electron chi connectivity index (χ3n) is 4.96. The molecule has 0 aromatic heterocycles. The predicted molar refractivity (Wildman–Crippen MR) is 82.4 cm³/mol. The number of hydrogen-bond acceptors (Lipinski definition) is 3. The van der Waals surface area contributed by atoms with Gasteiger partial charge in [-0.15, -0.1) is 0 Å². The van der Waals surface area contributed by atoms with E-state index in [-0.39, 0.29) is 17.6 Å². The summed E-state index contributed by atoms with van der Waals surface area (Å²) in [6.45, 7) is 1.60. The molecule has 0 atom stereocenters. The lowest BCUT2D eigenvalue weighted by molar-refractivity contribution is -0.139. The lowest BCUT2D eigenvalue weighted by Crippen LogP contribution is -2.51. The second-order valence-electron chi connectivity index (χ2n) is 6.39. The highest BCUT2D eigenvalue weighted by atomic mass is 19.1. The maximum absolute atomic E-state index is 14.2. The molecule has 2 amide bonds. The van der Waals surface area contributed by atoms with Gasteiger partial charge in [0.1, 0.15) is 18.2 Å². The van der Waals surface area contributed by atoms with Crippen LogP contribution in [0.4, 0.5) is 13.6 Å². The molecule has 2 fully saturated rings. The van der Waals surface area contributed by atoms with Gasteiger partial charge in [0.2, 0.25) is 5.91 Å². The first kappa shape index (κ1) is 16.7. The van der Waals surface area contributed by atoms with Crippen molar-refractivity contribution < 1.29 is 23.1 Å². The Labute approximate surface area is 139 Å². The van der Waals surface area contributed by atoms with E-state index in [9.17, 15) is 18.4 Å². The van der Waals surface area contributed by atoms with Crippen LogP contribution in [0, 0.1) is 11.6 Å². The summed E-state index contributed by atoms with van der Waals surface area (Å²) in [5.41, 5.74) is -0.662. The largest absolute Gasteiger partial charge is 0.448 e. The Morgan fingerprint density at radius 1 is 1.38 bits per heavy atom. The number of amides is 2. The molecule has 0 radical (unpaired) electrons. The molecule has 0 bridgehead atoms. The Morgan fingerprint density at radius 3 is 2.67 bits per heavy atom. The molecule has 1 aliphatic carbocycles. The predicted octanol–water partition coefficient (Wildman–Crippen LogP) is 2.30. The lowest BCUT2D eigenvalue weighted by Gasteiger charge is -2.43. The van der Waals surface area contributed by atoms with Crippen LogP contribution in [0.15, 0.2) is 18.2 Å². The van der Waals surface area contributed by atoms with E-state index < -0.39 is 17.0 Å². The van der Waals surface area contributed by atoms with Crippen molar-refractivity contribution in [1.29, 1.82) is 0 Å². The van der Waals surface area contributed by atoms with Gasteiger partial charge in [0.05, 0.1) is 12.0 Å². The van der Waals surface area contributed by atoms with Crippen LogP contribution in [0.2, 0.25) is 0 Å². The second kappa shape index (κ2) is 6.37. The van der Waals surface area contributed by atoms with E-state index in [4.69, 9.17) is 4.74 Å². The summed E-state index contributed by atoms with van der Waals surface area (Å²) in [7, 11) is 1.64. The number of ether oxygens (including phenoxy) is 1. The van der Waals surface area contributed by atoms with Crippen LogP contribution in [0.3, 0.4) is 0 Å². The first-order valence-electron chi connectivity index (χ1n) is 8.07. The molecule has 3 rings (SSSR count). The monoisotopic (exact) mass is 338 g/mol. The number of halogens is 2. The summed E-state index contributed by atoms with van der Waals surface area (Å²) >= 11 is 0. The number of benzene rings is 1. The molecule has 7 heteroatoms. The summed E-state index contributed by atoms with van der Waals surface area (Å²) < 4.78 is 32.2. The fourth-order valence-electron chi connectivity index (χ4n) is 3.37. The van der Waals surface area contributed by atoms with Gasteiger partial charge in [-0.2, -0.15) is 0 Å². The van der Waals surface area contributed by atoms with Crippen molar-refractivity contribution in [3.63, 3.8) is 0 Å². The molecule has 1 saturated carbocycles. The van der Waals surface area contributed by atoms with Gasteiger partial charge >= 0.3 is 6.09 Å². The fraction of sp³-hybridized carbons (Fsp3) is 0.529. The summed E-state index contributed by atoms with van der Waals surface area (Å²) in [6, 6.07) is 3.38. The highest BCUT2D eigenvalue weighted by Gasteiger charge is 2.48. The zero-order chi connectivity index (χ0) is 17.3. The molecule has 0 N–H and O–H groups in total. The maximum atomic E-state index is 14.2. The summed E-state index contributed by atoms with van der Waals surface area (Å²) in [5, 5.41) is 0. The van der Waals surface area contributed by atoms with Gasteiger partial charge in [0.15, 0.2) is 0 Å². The third kappa shape index (κ3) is 2.83. The summed E-state index contributed by atoms with van der Waals surface area (Å²) in [4.78, 5) is 27.4. The Balaban J connectivity index is 1.72. The second-order valence-corrected chi connectivity index (χ2v) is 6.39. The van der Waals surface area contributed by atoms with Crippen molar-refractivity contribution in [2.75, 3.05) is 33.3 Å². The molecular weight excluding hydrogens is 318 g/mol. The van der Waals surface area contributed by atoms with E-state index in [0.717, 1.165) is 12.5 Å². The maximum Gasteiger partial charge on any atom is 0.409 e. The van der Waals surface area contributed by atoms with Crippen molar-refractivity contribution in [3.05, 3.63) is 35.4 Å². The quantitative estimate of drug-likeness (QED) is 0.828. The van der Waals surface area contributed by atoms with E-state index in [1.54, 1.807) is 7.05 Å². The van der Waals surface area contributed by atoms with Crippen LogP contribution in [0.1, 0.15) is 24.8 Å². The minimum Gasteiger partial charge on any atom is -0.448 e. The third-order valence-corrected chi connectivity index (χ3v) is 4.96. The van der Waals surface area contributed by atoms with Gasteiger partial charge in [-0.05, 0) is 18.9 Å². The van der Waals surface area contributed by atoms with Crippen LogP contribution in [-0.2, 0) is 14.9 Å². The van der Waals surface area contributed by atoms with E-state index in [2.05, 4.69) is 0 Å². The molecule has 0 spiro atoms. The van der Waals surface area contributed by atoms with Crippen molar-refractivity contribution in [3.8, 4) is 0 Å². The van der Waals surface area contributed by atoms with E-state index >= 15 is 0 Å². The average molecular weight is 338 g/mol. The van der Waals surface area contributed by atoms with Crippen LogP contribution < -0.4 is 0 Å². The SMILES string of the molecule is CN(CCN1CCOC1=O)C(=O)C1(c2ccc(F)cc2F)CCC1. The van der Waals surface area contributed by atoms with Crippen molar-refractivity contribution in [2.45, 2.75) is 24.7 Å². The van der Waals surface area contributed by atoms with Gasteiger partial charge < -0.3 is 14.5 Å². The Bertz CT molecular complexity index is 661. The lowest BCUT2D eigenvalue weighted by atomic mass is 9.63. The van der Waals surface area contributed by atoms with Gasteiger partial charge in [-0.25, -0.2) is 13.6 Å². The smallest absolute Gasteiger partial charge is 0.409 e. The zero-order valence-electron chi connectivity index (χ0n) is 13.6. The van der Waals surface area contributed by atoms with Crippen LogP contribution in [0.25, 0.3) is 0 Å². The van der Waals surface area contributed by atoms with Gasteiger partial charge in [0, 0.05) is 31.8 Å². The zero-order valence-corrected chi connectivity index (χ0v) is 13.6. The van der Waals surface area contributed by atoms with E-state index in [1.807, 2.05) is 0 Å². The first-order valence-corrected chi connectivity index (χ1v) is 8.07. The van der Waals surface area contributed by atoms with Gasteiger partial charge in [-0.3, -0.25) is 4.79 Å². The normalized spacial score (nSPS) is 19.0. The molecule has 1 aromatic carbocycles. The highest BCUT2D eigenvalue weighted by Crippen LogP contribution is 2.46. The van der Waals surface area contributed by atoms with Crippen LogP contribution >= 0.6 is 0 Å². The topological polar surface area (TPSA) is 49.9 Å². The van der Waals surface area contributed by atoms with Crippen molar-refractivity contribution >= 4 is 12.0 Å². The highest BCUT2D eigenvalue weighted by molar-refractivity contribution is 5.89. The number of nitrogens with zero attached hydrogens (tertiary/aromatic N) is 2. The molecule has 1 aliphatic heterocycles. The Morgan fingerprint density at radius 2 is 2.12 bits per heavy atom. The van der Waals surface area contributed by atoms with Crippen molar-refractivity contribution in [1.82, 2.24) is 9.80 Å². The number of carbonyl (C=O) groups is 2. The number of rotatable bonds is 5. The van der Waals surface area contributed by atoms with Crippen LogP contribution in [0.5, 0.6) is 0 Å². The van der Waals surface area contributed by atoms with Crippen molar-refractivity contribution in [2.24, 2.45) is 0 Å². The van der Waals surface area contributed by atoms with Gasteiger partial charge in [0.25, 0.3) is 0 Å². The summed E-state index contributed by atoms with van der Waals surface area (Å²) in [5.74, 6) is -1.52. The standard InChI is InChI=1S/C17H20F2N2O3/c1-20(7-8-21-9-10-24-16(21)23)15(22)17(5-2-6-17)13-4-3-12(18)11-14(13)19/h3-4,11H,2,5-10H2,1H3. The van der Waals surface area contributed by atoms with Gasteiger partial charge in [-0.1, -0.05) is 12.5 Å². The molecular formula is C17H20F2N2O3. The fourth-order valence-corrected chi connectivity index (χ4v) is 3.37. The molecule has 24 heavy (non-hydrogen) atoms. The van der Waals surface area contributed by atoms with E-state index in [1.165, 1.54) is 21.9 Å². The molecule has 1 heterocycles. The first-order chi connectivity index (χ1) is 11.4. The molecule has 2 aliphatic rings. The molecule has 1 aromatic rings. The van der Waals surface area contributed by atoms with Crippen LogP contribution in [-0.4, -0.2) is 55.1 Å². The summed E-state index contributed by atoms with van der Waals surface area (Å²) in [6.07, 6.45) is 1.54. The molecule has 0 unspecified atom stereocenters. The number of hydrogen-bond donors (Lipinski definition) is 0.